The van der Waals surface area contributed by atoms with E-state index in [4.69, 9.17) is 0 Å². The number of fused-ring (bicyclic) bond motifs is 1. The molecule has 4 aliphatic rings. The Morgan fingerprint density at radius 1 is 1.20 bits per heavy atom. The van der Waals surface area contributed by atoms with Crippen LogP contribution in [0, 0.1) is 11.3 Å². The van der Waals surface area contributed by atoms with Gasteiger partial charge >= 0.3 is 0 Å². The molecule has 1 N–H and O–H groups in total. The van der Waals surface area contributed by atoms with E-state index in [2.05, 4.69) is 16.7 Å². The summed E-state index contributed by atoms with van der Waals surface area (Å²) in [4.78, 5) is 5.17. The molecule has 4 fully saturated rings. The lowest BCUT2D eigenvalue weighted by Crippen LogP contribution is -2.63. The van der Waals surface area contributed by atoms with E-state index in [9.17, 15) is 5.11 Å². The largest absolute Gasteiger partial charge is 0.392 e. The van der Waals surface area contributed by atoms with Gasteiger partial charge in [-0.15, -0.1) is 0 Å². The predicted molar refractivity (Wildman–Crippen MR) is 59.7 cm³/mol. The van der Waals surface area contributed by atoms with Crippen LogP contribution in [0.25, 0.3) is 0 Å². The highest BCUT2D eigenvalue weighted by Gasteiger charge is 2.52. The number of nitrogens with zero attached hydrogens (tertiary/aromatic N) is 2. The lowest BCUT2D eigenvalue weighted by Gasteiger charge is -2.53. The van der Waals surface area contributed by atoms with Gasteiger partial charge in [0.2, 0.25) is 0 Å². The van der Waals surface area contributed by atoms with Crippen LogP contribution >= 0.6 is 0 Å². The first kappa shape index (κ1) is 10.1. The van der Waals surface area contributed by atoms with Crippen LogP contribution in [0.2, 0.25) is 0 Å². The molecule has 0 amide bonds. The number of hydrogen-bond acceptors (Lipinski definition) is 3. The lowest BCUT2D eigenvalue weighted by molar-refractivity contribution is -0.120. The van der Waals surface area contributed by atoms with Crippen molar-refractivity contribution in [3.63, 3.8) is 0 Å². The zero-order chi connectivity index (χ0) is 10.5. The van der Waals surface area contributed by atoms with E-state index >= 15 is 0 Å². The van der Waals surface area contributed by atoms with Gasteiger partial charge in [-0.25, -0.2) is 0 Å². The summed E-state index contributed by atoms with van der Waals surface area (Å²) < 4.78 is 0. The van der Waals surface area contributed by atoms with Gasteiger partial charge in [-0.2, -0.15) is 0 Å². The summed E-state index contributed by atoms with van der Waals surface area (Å²) in [5, 5.41) is 10.5. The van der Waals surface area contributed by atoms with Crippen LogP contribution in [0.15, 0.2) is 0 Å². The van der Waals surface area contributed by atoms with Gasteiger partial charge in [-0.05, 0) is 6.42 Å². The van der Waals surface area contributed by atoms with Crippen LogP contribution in [0.4, 0.5) is 0 Å². The van der Waals surface area contributed by atoms with Gasteiger partial charge in [0.1, 0.15) is 0 Å². The van der Waals surface area contributed by atoms with Crippen LogP contribution in [-0.4, -0.2) is 60.3 Å². The Morgan fingerprint density at radius 3 is 2.33 bits per heavy atom. The molecule has 0 radical (unpaired) electrons. The molecule has 0 aromatic carbocycles. The highest BCUT2D eigenvalue weighted by atomic mass is 16.3. The Morgan fingerprint density at radius 2 is 1.80 bits per heavy atom. The van der Waals surface area contributed by atoms with Crippen molar-refractivity contribution in [2.45, 2.75) is 25.9 Å². The fourth-order valence-electron chi connectivity index (χ4n) is 4.10. The molecule has 0 aromatic rings. The standard InChI is InChI=1S/C12H22N2O/c1-2-3-12-8-13-4-5-14(9-12)7-10(6-13)11(12)15/h10-11,15H,2-9H2,1H3. The van der Waals surface area contributed by atoms with Crippen molar-refractivity contribution in [2.24, 2.45) is 11.3 Å². The minimum atomic E-state index is -0.0388. The van der Waals surface area contributed by atoms with Gasteiger partial charge in [0, 0.05) is 50.6 Å². The Bertz CT molecular complexity index is 240. The number of aliphatic hydroxyl groups is 1. The maximum Gasteiger partial charge on any atom is 0.0673 e. The molecule has 3 heteroatoms. The number of hydrogen-bond donors (Lipinski definition) is 1. The van der Waals surface area contributed by atoms with Gasteiger partial charge in [-0.1, -0.05) is 13.3 Å². The summed E-state index contributed by atoms with van der Waals surface area (Å²) in [6, 6.07) is 0. The second kappa shape index (κ2) is 3.44. The third-order valence-corrected chi connectivity index (χ3v) is 4.62. The molecule has 15 heavy (non-hydrogen) atoms. The van der Waals surface area contributed by atoms with Gasteiger partial charge in [0.25, 0.3) is 0 Å². The number of aliphatic hydroxyl groups excluding tert-OH is 1. The molecule has 3 nitrogen and oxygen atoms in total. The molecular weight excluding hydrogens is 188 g/mol. The number of piperidine rings is 2. The Labute approximate surface area is 92.1 Å². The topological polar surface area (TPSA) is 26.7 Å². The zero-order valence-electron chi connectivity index (χ0n) is 9.65. The quantitative estimate of drug-likeness (QED) is 0.714. The first-order valence-corrected chi connectivity index (χ1v) is 6.36. The molecule has 0 aliphatic carbocycles. The SMILES string of the molecule is CCCC12CN3CCN(CC(C3)C1O)C2. The summed E-state index contributed by atoms with van der Waals surface area (Å²) in [6.45, 7) is 9.20. The van der Waals surface area contributed by atoms with Crippen LogP contribution in [0.1, 0.15) is 19.8 Å². The Hall–Kier alpha value is -0.120. The molecular formula is C12H22N2O. The van der Waals surface area contributed by atoms with Crippen molar-refractivity contribution >= 4 is 0 Å². The van der Waals surface area contributed by atoms with Crippen LogP contribution in [-0.2, 0) is 0 Å². The predicted octanol–water partition coefficient (Wildman–Crippen LogP) is 0.395. The highest BCUT2D eigenvalue weighted by molar-refractivity contribution is 5.05. The second-order valence-electron chi connectivity index (χ2n) is 5.79. The van der Waals surface area contributed by atoms with Gasteiger partial charge < -0.3 is 14.9 Å². The van der Waals surface area contributed by atoms with Crippen LogP contribution < -0.4 is 0 Å². The monoisotopic (exact) mass is 210 g/mol. The minimum absolute atomic E-state index is 0.0388. The smallest absolute Gasteiger partial charge is 0.0673 e. The average Bonchev–Trinajstić information content (AvgIpc) is 2.43. The molecule has 0 saturated carbocycles. The summed E-state index contributed by atoms with van der Waals surface area (Å²) >= 11 is 0. The van der Waals surface area contributed by atoms with Crippen LogP contribution in [0.3, 0.4) is 0 Å². The zero-order valence-corrected chi connectivity index (χ0v) is 9.65. The van der Waals surface area contributed by atoms with E-state index in [1.807, 2.05) is 0 Å². The van der Waals surface area contributed by atoms with Crippen molar-refractivity contribution in [2.75, 3.05) is 39.3 Å². The molecule has 3 unspecified atom stereocenters. The van der Waals surface area contributed by atoms with Gasteiger partial charge in [0.05, 0.1) is 6.10 Å². The van der Waals surface area contributed by atoms with Crippen molar-refractivity contribution < 1.29 is 5.11 Å². The normalized spacial score (nSPS) is 53.2. The molecule has 0 aromatic heterocycles. The molecule has 4 rings (SSSR count). The lowest BCUT2D eigenvalue weighted by atomic mass is 9.67. The Kier molecular flexibility index (Phi) is 2.31. The van der Waals surface area contributed by atoms with E-state index < -0.39 is 0 Å². The second-order valence-corrected chi connectivity index (χ2v) is 5.79. The van der Waals surface area contributed by atoms with Gasteiger partial charge in [-0.3, -0.25) is 0 Å². The van der Waals surface area contributed by atoms with E-state index in [0.717, 1.165) is 26.2 Å². The maximum atomic E-state index is 10.5. The summed E-state index contributed by atoms with van der Waals surface area (Å²) in [5.74, 6) is 0.515. The fraction of sp³-hybridized carbons (Fsp3) is 1.00. The maximum absolute atomic E-state index is 10.5. The van der Waals surface area contributed by atoms with Crippen molar-refractivity contribution in [3.05, 3.63) is 0 Å². The van der Waals surface area contributed by atoms with E-state index in [1.54, 1.807) is 0 Å². The molecule has 4 saturated heterocycles. The molecule has 3 atom stereocenters. The van der Waals surface area contributed by atoms with Crippen molar-refractivity contribution in [3.8, 4) is 0 Å². The first-order valence-electron chi connectivity index (χ1n) is 6.36. The molecule has 4 heterocycles. The molecule has 4 aliphatic heterocycles. The summed E-state index contributed by atoms with van der Waals surface area (Å²) in [5.41, 5.74) is 0.201. The minimum Gasteiger partial charge on any atom is -0.392 e. The van der Waals surface area contributed by atoms with E-state index in [0.29, 0.717) is 5.92 Å². The number of rotatable bonds is 2. The van der Waals surface area contributed by atoms with Crippen molar-refractivity contribution in [1.29, 1.82) is 0 Å². The third-order valence-electron chi connectivity index (χ3n) is 4.62. The van der Waals surface area contributed by atoms with Crippen molar-refractivity contribution in [1.82, 2.24) is 9.80 Å². The summed E-state index contributed by atoms with van der Waals surface area (Å²) in [7, 11) is 0. The molecule has 4 bridgehead atoms. The third kappa shape index (κ3) is 1.44. The fourth-order valence-corrected chi connectivity index (χ4v) is 4.10. The van der Waals surface area contributed by atoms with E-state index in [1.165, 1.54) is 25.9 Å². The highest BCUT2D eigenvalue weighted by Crippen LogP contribution is 2.43. The Balaban J connectivity index is 1.92. The van der Waals surface area contributed by atoms with Gasteiger partial charge in [0.15, 0.2) is 0 Å². The molecule has 86 valence electrons. The molecule has 0 spiro atoms. The van der Waals surface area contributed by atoms with E-state index in [-0.39, 0.29) is 11.5 Å². The summed E-state index contributed by atoms with van der Waals surface area (Å²) in [6.07, 6.45) is 2.35. The average molecular weight is 210 g/mol. The van der Waals surface area contributed by atoms with Crippen LogP contribution in [0.5, 0.6) is 0 Å². The first-order chi connectivity index (χ1) is 7.23.